The minimum absolute atomic E-state index is 0.342. The second kappa shape index (κ2) is 8.00. The molecule has 23 heavy (non-hydrogen) atoms. The zero-order valence-corrected chi connectivity index (χ0v) is 12.4. The van der Waals surface area contributed by atoms with E-state index in [9.17, 15) is 20.2 Å². The number of nitrogens with zero attached hydrogens (tertiary/aromatic N) is 2. The largest absolute Gasteiger partial charge is 0.292 e. The number of benzene rings is 2. The first-order chi connectivity index (χ1) is 11.1. The minimum Gasteiger partial charge on any atom is -0.292 e. The summed E-state index contributed by atoms with van der Waals surface area (Å²) < 4.78 is 0. The lowest BCUT2D eigenvalue weighted by Crippen LogP contribution is -2.34. The molecule has 2 atom stereocenters. The predicted octanol–water partition coefficient (Wildman–Crippen LogP) is 2.61. The van der Waals surface area contributed by atoms with Gasteiger partial charge in [0.1, 0.15) is 0 Å². The third-order valence-corrected chi connectivity index (χ3v) is 3.47. The quantitative estimate of drug-likeness (QED) is 0.596. The predicted molar refractivity (Wildman–Crippen MR) is 85.2 cm³/mol. The molecule has 0 saturated heterocycles. The molecular formula is C16H17N3O4. The van der Waals surface area contributed by atoms with Gasteiger partial charge in [-0.05, 0) is 11.1 Å². The highest BCUT2D eigenvalue weighted by Gasteiger charge is 2.25. The van der Waals surface area contributed by atoms with E-state index in [-0.39, 0.29) is 13.1 Å². The number of nitrogens with one attached hydrogen (secondary N) is 1. The van der Waals surface area contributed by atoms with Crippen molar-refractivity contribution in [3.8, 4) is 0 Å². The summed E-state index contributed by atoms with van der Waals surface area (Å²) in [5, 5.41) is 25.0. The van der Waals surface area contributed by atoms with Crippen molar-refractivity contribution in [2.24, 2.45) is 0 Å². The molecule has 7 heteroatoms. The van der Waals surface area contributed by atoms with Gasteiger partial charge in [-0.2, -0.15) is 0 Å². The second-order valence-corrected chi connectivity index (χ2v) is 5.12. The van der Waals surface area contributed by atoms with Gasteiger partial charge < -0.3 is 0 Å². The van der Waals surface area contributed by atoms with Crippen LogP contribution in [0.5, 0.6) is 0 Å². The monoisotopic (exact) mass is 315 g/mol. The lowest BCUT2D eigenvalue weighted by Gasteiger charge is -2.21. The number of rotatable bonds is 8. The zero-order chi connectivity index (χ0) is 16.7. The maximum absolute atomic E-state index is 11.0. The van der Waals surface area contributed by atoms with E-state index in [2.05, 4.69) is 5.32 Å². The summed E-state index contributed by atoms with van der Waals surface area (Å²) in [4.78, 5) is 21.1. The van der Waals surface area contributed by atoms with Crippen molar-refractivity contribution < 1.29 is 9.85 Å². The molecule has 2 aromatic rings. The first-order valence-corrected chi connectivity index (χ1v) is 7.16. The number of hydrogen-bond donors (Lipinski definition) is 1. The molecule has 2 rings (SSSR count). The Kier molecular flexibility index (Phi) is 5.76. The molecule has 0 aliphatic heterocycles. The average molecular weight is 315 g/mol. The van der Waals surface area contributed by atoms with Crippen LogP contribution in [-0.2, 0) is 0 Å². The molecule has 0 saturated carbocycles. The van der Waals surface area contributed by atoms with Gasteiger partial charge in [-0.25, -0.2) is 0 Å². The van der Waals surface area contributed by atoms with Gasteiger partial charge in [0.2, 0.25) is 13.1 Å². The summed E-state index contributed by atoms with van der Waals surface area (Å²) in [5.41, 5.74) is 1.46. The van der Waals surface area contributed by atoms with Crippen molar-refractivity contribution in [1.82, 2.24) is 5.32 Å². The van der Waals surface area contributed by atoms with E-state index >= 15 is 0 Å². The summed E-state index contributed by atoms with van der Waals surface area (Å²) >= 11 is 0. The number of nitro groups is 2. The van der Waals surface area contributed by atoms with Gasteiger partial charge in [0, 0.05) is 9.85 Å². The SMILES string of the molecule is O=[N+]([O-])CC(NC(C[N+](=O)[O-])c1ccccc1)c1ccccc1. The summed E-state index contributed by atoms with van der Waals surface area (Å²) in [6, 6.07) is 16.7. The average Bonchev–Trinajstić information content (AvgIpc) is 2.54. The van der Waals surface area contributed by atoms with E-state index in [0.717, 1.165) is 11.1 Å². The van der Waals surface area contributed by atoms with Gasteiger partial charge in [-0.1, -0.05) is 60.7 Å². The van der Waals surface area contributed by atoms with E-state index in [1.54, 1.807) is 48.5 Å². The molecule has 0 aromatic heterocycles. The molecule has 0 amide bonds. The van der Waals surface area contributed by atoms with Crippen LogP contribution in [0.15, 0.2) is 60.7 Å². The van der Waals surface area contributed by atoms with E-state index < -0.39 is 21.9 Å². The highest BCUT2D eigenvalue weighted by Crippen LogP contribution is 2.20. The molecule has 1 N–H and O–H groups in total. The van der Waals surface area contributed by atoms with E-state index in [4.69, 9.17) is 0 Å². The molecule has 2 unspecified atom stereocenters. The van der Waals surface area contributed by atoms with Crippen molar-refractivity contribution in [3.05, 3.63) is 92.0 Å². The maximum atomic E-state index is 11.0. The Bertz CT molecular complexity index is 591. The molecule has 0 aliphatic rings. The summed E-state index contributed by atoms with van der Waals surface area (Å²) in [7, 11) is 0. The van der Waals surface area contributed by atoms with E-state index in [1.807, 2.05) is 12.1 Å². The van der Waals surface area contributed by atoms with Crippen LogP contribution in [0.25, 0.3) is 0 Å². The third kappa shape index (κ3) is 5.15. The normalized spacial score (nSPS) is 13.2. The standard InChI is InChI=1S/C16H17N3O4/c20-18(21)11-15(13-7-3-1-4-8-13)17-16(12-19(22)23)14-9-5-2-6-10-14/h1-10,15-17H,11-12H2. The number of hydrogen-bond acceptors (Lipinski definition) is 5. The van der Waals surface area contributed by atoms with Crippen molar-refractivity contribution in [3.63, 3.8) is 0 Å². The molecule has 0 fully saturated rings. The van der Waals surface area contributed by atoms with Crippen molar-refractivity contribution in [2.45, 2.75) is 12.1 Å². The van der Waals surface area contributed by atoms with Crippen LogP contribution in [0, 0.1) is 20.2 Å². The fourth-order valence-electron chi connectivity index (χ4n) is 2.42. The molecule has 0 bridgehead atoms. The lowest BCUT2D eigenvalue weighted by molar-refractivity contribution is -0.491. The highest BCUT2D eigenvalue weighted by molar-refractivity contribution is 5.22. The van der Waals surface area contributed by atoms with Gasteiger partial charge in [0.25, 0.3) is 0 Å². The van der Waals surface area contributed by atoms with Gasteiger partial charge >= 0.3 is 0 Å². The fraction of sp³-hybridized carbons (Fsp3) is 0.250. The van der Waals surface area contributed by atoms with Crippen LogP contribution in [0.2, 0.25) is 0 Å². The Morgan fingerprint density at radius 2 is 1.09 bits per heavy atom. The van der Waals surface area contributed by atoms with Crippen molar-refractivity contribution in [1.29, 1.82) is 0 Å². The summed E-state index contributed by atoms with van der Waals surface area (Å²) in [6.45, 7) is -0.684. The van der Waals surface area contributed by atoms with Crippen LogP contribution in [-0.4, -0.2) is 22.9 Å². The Balaban J connectivity index is 2.26. The van der Waals surface area contributed by atoms with Gasteiger partial charge in [-0.15, -0.1) is 0 Å². The van der Waals surface area contributed by atoms with Crippen LogP contribution >= 0.6 is 0 Å². The minimum atomic E-state index is -0.601. The maximum Gasteiger partial charge on any atom is 0.223 e. The van der Waals surface area contributed by atoms with Gasteiger partial charge in [-0.3, -0.25) is 25.5 Å². The van der Waals surface area contributed by atoms with E-state index in [0.29, 0.717) is 0 Å². The molecule has 120 valence electrons. The van der Waals surface area contributed by atoms with Gasteiger partial charge in [0.15, 0.2) is 0 Å². The topological polar surface area (TPSA) is 98.3 Å². The highest BCUT2D eigenvalue weighted by atomic mass is 16.6. The molecule has 0 radical (unpaired) electrons. The zero-order valence-electron chi connectivity index (χ0n) is 12.4. The van der Waals surface area contributed by atoms with Crippen molar-refractivity contribution >= 4 is 0 Å². The third-order valence-electron chi connectivity index (χ3n) is 3.47. The summed E-state index contributed by atoms with van der Waals surface area (Å²) in [5.74, 6) is 0. The molecule has 7 nitrogen and oxygen atoms in total. The Morgan fingerprint density at radius 1 is 0.739 bits per heavy atom. The van der Waals surface area contributed by atoms with Crippen LogP contribution in [0.4, 0.5) is 0 Å². The van der Waals surface area contributed by atoms with Crippen molar-refractivity contribution in [2.75, 3.05) is 13.1 Å². The summed E-state index contributed by atoms with van der Waals surface area (Å²) in [6.07, 6.45) is 0. The Morgan fingerprint density at radius 3 is 1.39 bits per heavy atom. The smallest absolute Gasteiger partial charge is 0.223 e. The Labute approximate surface area is 133 Å². The molecule has 0 aliphatic carbocycles. The van der Waals surface area contributed by atoms with Crippen LogP contribution in [0.1, 0.15) is 23.2 Å². The van der Waals surface area contributed by atoms with Crippen LogP contribution in [0.3, 0.4) is 0 Å². The molecular weight excluding hydrogens is 298 g/mol. The van der Waals surface area contributed by atoms with Crippen LogP contribution < -0.4 is 5.32 Å². The van der Waals surface area contributed by atoms with E-state index in [1.165, 1.54) is 0 Å². The second-order valence-electron chi connectivity index (χ2n) is 5.12. The fourth-order valence-corrected chi connectivity index (χ4v) is 2.42. The molecule has 2 aromatic carbocycles. The molecule has 0 spiro atoms. The lowest BCUT2D eigenvalue weighted by atomic mass is 10.0. The van der Waals surface area contributed by atoms with Gasteiger partial charge in [0.05, 0.1) is 12.1 Å². The molecule has 0 heterocycles. The first kappa shape index (κ1) is 16.6. The first-order valence-electron chi connectivity index (χ1n) is 7.16. The Hall–Kier alpha value is -2.80.